The molecule has 8 nitrogen and oxygen atoms in total. The van der Waals surface area contributed by atoms with E-state index in [1.54, 1.807) is 30.3 Å². The van der Waals surface area contributed by atoms with E-state index in [2.05, 4.69) is 5.32 Å². The number of anilines is 2. The summed E-state index contributed by atoms with van der Waals surface area (Å²) in [6, 6.07) is 19.2. The van der Waals surface area contributed by atoms with Crippen molar-refractivity contribution in [2.24, 2.45) is 0 Å². The molecule has 1 atom stereocenters. The monoisotopic (exact) mass is 522 g/mol. The van der Waals surface area contributed by atoms with E-state index in [-0.39, 0.29) is 28.4 Å². The summed E-state index contributed by atoms with van der Waals surface area (Å²) in [5.41, 5.74) is 0.812. The van der Waals surface area contributed by atoms with Crippen LogP contribution in [0.1, 0.15) is 5.56 Å². The number of amides is 2. The molecule has 1 fully saturated rings. The van der Waals surface area contributed by atoms with Gasteiger partial charge in [-0.05, 0) is 60.5 Å². The number of nitrogens with zero attached hydrogens (tertiary/aromatic N) is 3. The summed E-state index contributed by atoms with van der Waals surface area (Å²) in [6.07, 6.45) is 0.136. The Hall–Kier alpha value is -4.20. The third-order valence-electron chi connectivity index (χ3n) is 5.23. The quantitative estimate of drug-likeness (QED) is 0.199. The molecule has 0 aliphatic carbocycles. The van der Waals surface area contributed by atoms with E-state index in [9.17, 15) is 29.4 Å². The van der Waals surface area contributed by atoms with Gasteiger partial charge in [0.15, 0.2) is 0 Å². The topological polar surface area (TPSA) is 116 Å². The van der Waals surface area contributed by atoms with Crippen molar-refractivity contribution in [1.82, 2.24) is 0 Å². The van der Waals surface area contributed by atoms with Gasteiger partial charge in [-0.15, -0.1) is 0 Å². The molecule has 0 aromatic heterocycles. The van der Waals surface area contributed by atoms with Crippen LogP contribution >= 0.6 is 23.4 Å². The number of hydrogen-bond acceptors (Lipinski definition) is 6. The van der Waals surface area contributed by atoms with Crippen LogP contribution < -0.4 is 10.2 Å². The number of carbonyl (C=O) groups excluding carboxylic acids is 2. The van der Waals surface area contributed by atoms with Crippen LogP contribution in [-0.2, 0) is 16.0 Å². The number of nitro benzene ring substituents is 1. The maximum absolute atomic E-state index is 13.5. The van der Waals surface area contributed by atoms with Crippen LogP contribution in [0.2, 0.25) is 5.02 Å². The lowest BCUT2D eigenvalue weighted by molar-refractivity contribution is -0.384. The molecule has 0 unspecified atom stereocenters. The number of non-ortho nitro benzene ring substituents is 1. The Bertz CT molecular complexity index is 1420. The Morgan fingerprint density at radius 1 is 1.17 bits per heavy atom. The van der Waals surface area contributed by atoms with E-state index in [0.29, 0.717) is 16.3 Å². The van der Waals surface area contributed by atoms with Crippen LogP contribution in [-0.4, -0.2) is 22.0 Å². The molecule has 1 aliphatic heterocycles. The molecule has 36 heavy (non-hydrogen) atoms. The van der Waals surface area contributed by atoms with E-state index in [1.165, 1.54) is 35.2 Å². The fourth-order valence-corrected chi connectivity index (χ4v) is 4.98. The van der Waals surface area contributed by atoms with E-state index in [0.717, 1.165) is 23.9 Å². The molecule has 3 aromatic carbocycles. The number of benzene rings is 3. The van der Waals surface area contributed by atoms with Crippen LogP contribution in [0.4, 0.5) is 21.5 Å². The van der Waals surface area contributed by atoms with Gasteiger partial charge in [0.05, 0.1) is 10.2 Å². The molecule has 0 saturated carbocycles. The normalized spacial score (nSPS) is 16.4. The second-order valence-electron chi connectivity index (χ2n) is 7.64. The second kappa shape index (κ2) is 10.6. The summed E-state index contributed by atoms with van der Waals surface area (Å²) in [4.78, 5) is 38.4. The smallest absolute Gasteiger partial charge is 0.269 e. The molecule has 1 saturated heterocycles. The molecule has 0 bridgehead atoms. The minimum atomic E-state index is -0.769. The summed E-state index contributed by atoms with van der Waals surface area (Å²) in [6.45, 7) is 0. The lowest BCUT2D eigenvalue weighted by Gasteiger charge is -2.19. The minimum absolute atomic E-state index is 0.107. The molecule has 3 aromatic rings. The predicted molar refractivity (Wildman–Crippen MR) is 135 cm³/mol. The van der Waals surface area contributed by atoms with Crippen molar-refractivity contribution in [3.8, 4) is 6.07 Å². The summed E-state index contributed by atoms with van der Waals surface area (Å²) in [7, 11) is 0. The van der Waals surface area contributed by atoms with Gasteiger partial charge in [-0.25, -0.2) is 4.39 Å². The van der Waals surface area contributed by atoms with Crippen molar-refractivity contribution in [2.45, 2.75) is 11.7 Å². The number of nitro groups is 1. The molecule has 1 N–H and O–H groups in total. The Kier molecular flexibility index (Phi) is 7.33. The first kappa shape index (κ1) is 24.9. The summed E-state index contributed by atoms with van der Waals surface area (Å²) in [5, 5.41) is 23.4. The van der Waals surface area contributed by atoms with Gasteiger partial charge in [-0.2, -0.15) is 5.26 Å². The average molecular weight is 523 g/mol. The van der Waals surface area contributed by atoms with Crippen LogP contribution in [0, 0.1) is 27.3 Å². The Labute approximate surface area is 214 Å². The van der Waals surface area contributed by atoms with Crippen LogP contribution in [0.15, 0.2) is 83.4 Å². The fourth-order valence-electron chi connectivity index (χ4n) is 3.55. The molecule has 1 aliphatic rings. The van der Waals surface area contributed by atoms with Crippen molar-refractivity contribution in [2.75, 3.05) is 10.2 Å². The van der Waals surface area contributed by atoms with Gasteiger partial charge in [0.2, 0.25) is 5.91 Å². The first-order chi connectivity index (χ1) is 17.3. The number of halogens is 2. The molecule has 4 rings (SSSR count). The van der Waals surface area contributed by atoms with Gasteiger partial charge in [-0.1, -0.05) is 35.5 Å². The summed E-state index contributed by atoms with van der Waals surface area (Å²) >= 11 is 7.01. The summed E-state index contributed by atoms with van der Waals surface area (Å²) < 4.78 is 13.2. The zero-order valence-electron chi connectivity index (χ0n) is 18.4. The highest BCUT2D eigenvalue weighted by atomic mass is 35.5. The number of nitrogens with one attached hydrogen (secondary N) is 1. The highest BCUT2D eigenvalue weighted by Crippen LogP contribution is 2.42. The van der Waals surface area contributed by atoms with Gasteiger partial charge in [0.1, 0.15) is 22.5 Å². The standard InChI is InChI=1S/C25H16ClFN4O4S/c26-16-4-10-19(11-5-16)30-24(33)22(13-15-2-1-3-20(12-15)31(34)35)36-25(30)21(14-28)23(32)29-18-8-6-17(27)7-9-18/h1-12,22H,13H2,(H,29,32)/b25-21+/t22-/m0/s1. The third kappa shape index (κ3) is 5.38. The van der Waals surface area contributed by atoms with Gasteiger partial charge < -0.3 is 5.32 Å². The van der Waals surface area contributed by atoms with Gasteiger partial charge in [-0.3, -0.25) is 24.6 Å². The molecule has 180 valence electrons. The minimum Gasteiger partial charge on any atom is -0.321 e. The first-order valence-corrected chi connectivity index (χ1v) is 11.7. The first-order valence-electron chi connectivity index (χ1n) is 10.5. The maximum Gasteiger partial charge on any atom is 0.269 e. The van der Waals surface area contributed by atoms with Crippen molar-refractivity contribution in [3.05, 3.63) is 110 Å². The average Bonchev–Trinajstić information content (AvgIpc) is 3.17. The molecule has 0 spiro atoms. The fraction of sp³-hybridized carbons (Fsp3) is 0.0800. The number of thioether (sulfide) groups is 1. The largest absolute Gasteiger partial charge is 0.321 e. The van der Waals surface area contributed by atoms with Crippen molar-refractivity contribution < 1.29 is 18.9 Å². The molecular weight excluding hydrogens is 507 g/mol. The Morgan fingerprint density at radius 3 is 2.50 bits per heavy atom. The third-order valence-corrected chi connectivity index (χ3v) is 6.75. The summed E-state index contributed by atoms with van der Waals surface area (Å²) in [5.74, 6) is -1.65. The SMILES string of the molecule is N#C/C(C(=O)Nc1ccc(F)cc1)=C1\S[C@@H](Cc2cccc([N+](=O)[O-])c2)C(=O)N1c1ccc(Cl)cc1. The van der Waals surface area contributed by atoms with Crippen molar-refractivity contribution in [3.63, 3.8) is 0 Å². The zero-order valence-corrected chi connectivity index (χ0v) is 19.9. The molecule has 11 heteroatoms. The highest BCUT2D eigenvalue weighted by Gasteiger charge is 2.41. The molecule has 1 heterocycles. The van der Waals surface area contributed by atoms with E-state index in [4.69, 9.17) is 11.6 Å². The van der Waals surface area contributed by atoms with E-state index in [1.807, 2.05) is 6.07 Å². The second-order valence-corrected chi connectivity index (χ2v) is 9.27. The number of rotatable bonds is 6. The lowest BCUT2D eigenvalue weighted by atomic mass is 10.1. The predicted octanol–water partition coefficient (Wildman–Crippen LogP) is 5.45. The van der Waals surface area contributed by atoms with E-state index < -0.39 is 27.8 Å². The van der Waals surface area contributed by atoms with Gasteiger partial charge >= 0.3 is 0 Å². The van der Waals surface area contributed by atoms with Gasteiger partial charge in [0.25, 0.3) is 11.6 Å². The Morgan fingerprint density at radius 2 is 1.86 bits per heavy atom. The number of nitriles is 1. The molecule has 0 radical (unpaired) electrons. The van der Waals surface area contributed by atoms with Crippen molar-refractivity contribution >= 4 is 52.2 Å². The Balaban J connectivity index is 1.72. The number of carbonyl (C=O) groups is 2. The zero-order chi connectivity index (χ0) is 25.8. The number of hydrogen-bond donors (Lipinski definition) is 1. The van der Waals surface area contributed by atoms with Crippen LogP contribution in [0.25, 0.3) is 0 Å². The molecular formula is C25H16ClFN4O4S. The van der Waals surface area contributed by atoms with E-state index >= 15 is 0 Å². The van der Waals surface area contributed by atoms with Crippen LogP contribution in [0.5, 0.6) is 0 Å². The molecule has 2 amide bonds. The van der Waals surface area contributed by atoms with Crippen molar-refractivity contribution in [1.29, 1.82) is 5.26 Å². The lowest BCUT2D eigenvalue weighted by Crippen LogP contribution is -2.30. The van der Waals surface area contributed by atoms with Crippen LogP contribution in [0.3, 0.4) is 0 Å². The van der Waals surface area contributed by atoms with Gasteiger partial charge in [0, 0.05) is 28.5 Å². The highest BCUT2D eigenvalue weighted by molar-refractivity contribution is 8.05. The maximum atomic E-state index is 13.5.